The summed E-state index contributed by atoms with van der Waals surface area (Å²) in [4.78, 5) is 1.55. The van der Waals surface area contributed by atoms with Gasteiger partial charge in [0.15, 0.2) is 0 Å². The summed E-state index contributed by atoms with van der Waals surface area (Å²) in [5.41, 5.74) is 4.34. The molecule has 0 radical (unpaired) electrons. The molecule has 1 aromatic rings. The van der Waals surface area contributed by atoms with Gasteiger partial charge < -0.3 is 0 Å². The van der Waals surface area contributed by atoms with Crippen molar-refractivity contribution in [2.45, 2.75) is 49.7 Å². The standard InChI is InChI=1S/C14H18S/c1-9-4-10(2)13(11(3)5-9)15-14-6-12(7-14)8-14/h4-5,12H,6-8H2,1-3H3. The van der Waals surface area contributed by atoms with Crippen molar-refractivity contribution >= 4 is 11.8 Å². The predicted octanol–water partition coefficient (Wildman–Crippen LogP) is 4.26. The van der Waals surface area contributed by atoms with Crippen LogP contribution in [0.25, 0.3) is 0 Å². The van der Waals surface area contributed by atoms with E-state index >= 15 is 0 Å². The highest BCUT2D eigenvalue weighted by Gasteiger charge is 2.57. The normalized spacial score (nSPS) is 32.1. The van der Waals surface area contributed by atoms with Crippen LogP contribution in [0.3, 0.4) is 0 Å². The molecule has 80 valence electrons. The van der Waals surface area contributed by atoms with Gasteiger partial charge in [0, 0.05) is 9.64 Å². The minimum atomic E-state index is 0.662. The van der Waals surface area contributed by atoms with E-state index < -0.39 is 0 Å². The lowest BCUT2D eigenvalue weighted by Crippen LogP contribution is -2.55. The molecule has 0 heterocycles. The van der Waals surface area contributed by atoms with Crippen molar-refractivity contribution in [2.75, 3.05) is 0 Å². The monoisotopic (exact) mass is 218 g/mol. The van der Waals surface area contributed by atoms with Gasteiger partial charge in [-0.15, -0.1) is 11.8 Å². The Morgan fingerprint density at radius 1 is 1.07 bits per heavy atom. The first-order valence-electron chi connectivity index (χ1n) is 5.85. The lowest BCUT2D eigenvalue weighted by Gasteiger charge is -2.61. The fraction of sp³-hybridized carbons (Fsp3) is 0.571. The third-order valence-electron chi connectivity index (χ3n) is 3.91. The Morgan fingerprint density at radius 3 is 2.00 bits per heavy atom. The number of hydrogen-bond donors (Lipinski definition) is 0. The van der Waals surface area contributed by atoms with Crippen molar-refractivity contribution in [3.05, 3.63) is 28.8 Å². The maximum atomic E-state index is 2.32. The van der Waals surface area contributed by atoms with Crippen molar-refractivity contribution in [3.63, 3.8) is 0 Å². The summed E-state index contributed by atoms with van der Waals surface area (Å²) in [5.74, 6) is 1.09. The van der Waals surface area contributed by atoms with Gasteiger partial charge in [0.05, 0.1) is 0 Å². The van der Waals surface area contributed by atoms with Gasteiger partial charge in [0.1, 0.15) is 0 Å². The van der Waals surface area contributed by atoms with Gasteiger partial charge in [-0.05, 0) is 57.1 Å². The molecule has 3 aliphatic carbocycles. The van der Waals surface area contributed by atoms with Gasteiger partial charge >= 0.3 is 0 Å². The van der Waals surface area contributed by atoms with Crippen molar-refractivity contribution in [1.29, 1.82) is 0 Å². The summed E-state index contributed by atoms with van der Waals surface area (Å²) < 4.78 is 0.662. The zero-order valence-corrected chi connectivity index (χ0v) is 10.6. The summed E-state index contributed by atoms with van der Waals surface area (Å²) in [6.45, 7) is 6.71. The minimum absolute atomic E-state index is 0.662. The predicted molar refractivity (Wildman–Crippen MR) is 66.6 cm³/mol. The second-order valence-corrected chi connectivity index (χ2v) is 6.97. The Balaban J connectivity index is 1.90. The molecule has 0 spiro atoms. The van der Waals surface area contributed by atoms with Crippen molar-refractivity contribution < 1.29 is 0 Å². The maximum Gasteiger partial charge on any atom is 0.0215 e. The zero-order valence-electron chi connectivity index (χ0n) is 9.76. The average Bonchev–Trinajstić information content (AvgIpc) is 1.96. The largest absolute Gasteiger partial charge is 0.119 e. The fourth-order valence-corrected chi connectivity index (χ4v) is 4.90. The smallest absolute Gasteiger partial charge is 0.0215 e. The van der Waals surface area contributed by atoms with Crippen LogP contribution in [0.1, 0.15) is 36.0 Å². The number of rotatable bonds is 2. The van der Waals surface area contributed by atoms with E-state index in [4.69, 9.17) is 0 Å². The molecular formula is C14H18S. The fourth-order valence-electron chi connectivity index (χ4n) is 3.07. The Labute approximate surface area is 96.5 Å². The van der Waals surface area contributed by atoms with E-state index in [2.05, 4.69) is 44.7 Å². The first-order valence-corrected chi connectivity index (χ1v) is 6.66. The van der Waals surface area contributed by atoms with Crippen LogP contribution in [-0.4, -0.2) is 4.75 Å². The maximum absolute atomic E-state index is 2.32. The molecule has 4 rings (SSSR count). The second-order valence-electron chi connectivity index (χ2n) is 5.49. The topological polar surface area (TPSA) is 0 Å². The van der Waals surface area contributed by atoms with Crippen molar-refractivity contribution in [3.8, 4) is 0 Å². The van der Waals surface area contributed by atoms with Gasteiger partial charge in [0.25, 0.3) is 0 Å². The summed E-state index contributed by atoms with van der Waals surface area (Å²) in [5, 5.41) is 0. The summed E-state index contributed by atoms with van der Waals surface area (Å²) >= 11 is 2.16. The van der Waals surface area contributed by atoms with E-state index in [0.717, 1.165) is 5.92 Å². The number of aryl methyl sites for hydroxylation is 3. The molecule has 0 atom stereocenters. The molecule has 2 bridgehead atoms. The number of benzene rings is 1. The highest BCUT2D eigenvalue weighted by molar-refractivity contribution is 8.01. The second kappa shape index (κ2) is 3.04. The molecule has 1 heteroatoms. The molecule has 3 saturated carbocycles. The molecule has 0 saturated heterocycles. The minimum Gasteiger partial charge on any atom is -0.119 e. The van der Waals surface area contributed by atoms with Crippen LogP contribution in [0.2, 0.25) is 0 Å². The van der Waals surface area contributed by atoms with Crippen LogP contribution in [0.4, 0.5) is 0 Å². The highest BCUT2D eigenvalue weighted by atomic mass is 32.2. The van der Waals surface area contributed by atoms with Gasteiger partial charge in [-0.2, -0.15) is 0 Å². The molecule has 0 aromatic heterocycles. The SMILES string of the molecule is Cc1cc(C)c(SC23CC(C2)C3)c(C)c1. The summed E-state index contributed by atoms with van der Waals surface area (Å²) in [6.07, 6.45) is 4.43. The molecule has 0 nitrogen and oxygen atoms in total. The van der Waals surface area contributed by atoms with E-state index in [9.17, 15) is 0 Å². The Hall–Kier alpha value is -0.430. The molecule has 0 amide bonds. The third-order valence-corrected chi connectivity index (χ3v) is 5.69. The lowest BCUT2D eigenvalue weighted by atomic mass is 9.55. The van der Waals surface area contributed by atoms with Gasteiger partial charge in [-0.1, -0.05) is 17.7 Å². The van der Waals surface area contributed by atoms with Gasteiger partial charge in [0.2, 0.25) is 0 Å². The first-order chi connectivity index (χ1) is 7.08. The van der Waals surface area contributed by atoms with Crippen LogP contribution in [0.5, 0.6) is 0 Å². The molecular weight excluding hydrogens is 200 g/mol. The van der Waals surface area contributed by atoms with E-state index in [1.54, 1.807) is 4.90 Å². The van der Waals surface area contributed by atoms with Crippen LogP contribution >= 0.6 is 11.8 Å². The van der Waals surface area contributed by atoms with Crippen molar-refractivity contribution in [2.24, 2.45) is 5.92 Å². The summed E-state index contributed by atoms with van der Waals surface area (Å²) in [7, 11) is 0. The molecule has 15 heavy (non-hydrogen) atoms. The quantitative estimate of drug-likeness (QED) is 0.715. The van der Waals surface area contributed by atoms with Gasteiger partial charge in [-0.25, -0.2) is 0 Å². The van der Waals surface area contributed by atoms with Crippen molar-refractivity contribution in [1.82, 2.24) is 0 Å². The average molecular weight is 218 g/mol. The summed E-state index contributed by atoms with van der Waals surface area (Å²) in [6, 6.07) is 4.64. The molecule has 3 aliphatic rings. The van der Waals surface area contributed by atoms with Crippen LogP contribution in [-0.2, 0) is 0 Å². The molecule has 0 N–H and O–H groups in total. The number of hydrogen-bond acceptors (Lipinski definition) is 1. The lowest BCUT2D eigenvalue weighted by molar-refractivity contribution is 0.0580. The van der Waals surface area contributed by atoms with E-state index in [1.807, 2.05) is 0 Å². The first kappa shape index (κ1) is 9.77. The molecule has 1 aromatic carbocycles. The Bertz CT molecular complexity index is 379. The Kier molecular flexibility index (Phi) is 1.98. The van der Waals surface area contributed by atoms with Crippen LogP contribution < -0.4 is 0 Å². The van der Waals surface area contributed by atoms with Crippen LogP contribution in [0, 0.1) is 26.7 Å². The van der Waals surface area contributed by atoms with E-state index in [1.165, 1.54) is 36.0 Å². The highest BCUT2D eigenvalue weighted by Crippen LogP contribution is 2.66. The molecule has 0 unspecified atom stereocenters. The Morgan fingerprint density at radius 2 is 1.60 bits per heavy atom. The van der Waals surface area contributed by atoms with E-state index in [-0.39, 0.29) is 0 Å². The molecule has 3 fully saturated rings. The van der Waals surface area contributed by atoms with Gasteiger partial charge in [-0.3, -0.25) is 0 Å². The van der Waals surface area contributed by atoms with Crippen LogP contribution in [0.15, 0.2) is 17.0 Å². The zero-order chi connectivity index (χ0) is 10.6. The van der Waals surface area contributed by atoms with E-state index in [0.29, 0.717) is 4.75 Å². The third kappa shape index (κ3) is 1.44. The number of thioether (sulfide) groups is 1. The molecule has 0 aliphatic heterocycles.